The molecular weight excluding hydrogens is 188 g/mol. The molecule has 0 saturated heterocycles. The van der Waals surface area contributed by atoms with Crippen LogP contribution < -0.4 is 22.1 Å². The van der Waals surface area contributed by atoms with Crippen molar-refractivity contribution in [3.8, 4) is 0 Å². The van der Waals surface area contributed by atoms with Crippen LogP contribution in [0.4, 0.5) is 0 Å². The number of rotatable bonds is 1. The van der Waals surface area contributed by atoms with Gasteiger partial charge in [-0.25, -0.2) is 23.5 Å². The predicted molar refractivity (Wildman–Crippen MR) is 51.2 cm³/mol. The fraction of sp³-hybridized carbons (Fsp3) is 0.571. The van der Waals surface area contributed by atoms with Gasteiger partial charge < -0.3 is 5.01 Å². The summed E-state index contributed by atoms with van der Waals surface area (Å²) in [6, 6.07) is 0. The lowest BCUT2D eigenvalue weighted by atomic mass is 10.8. The number of nitrogens with zero attached hydrogens (tertiary/aromatic N) is 4. The van der Waals surface area contributed by atoms with Gasteiger partial charge in [0.25, 0.3) is 0 Å². The van der Waals surface area contributed by atoms with Gasteiger partial charge in [0.1, 0.15) is 0 Å². The molecule has 78 valence electrons. The fourth-order valence-corrected chi connectivity index (χ4v) is 1.10. The molecule has 1 aromatic rings. The second-order valence-corrected chi connectivity index (χ2v) is 3.12. The second-order valence-electron chi connectivity index (χ2n) is 3.12. The van der Waals surface area contributed by atoms with Crippen LogP contribution in [0.2, 0.25) is 0 Å². The van der Waals surface area contributed by atoms with Crippen molar-refractivity contribution in [1.82, 2.24) is 13.8 Å². The molecule has 0 N–H and O–H groups in total. The SMILES string of the molecule is CN(C)n1c(=O)n(C)c(=O)n(C)c1=O. The van der Waals surface area contributed by atoms with Gasteiger partial charge in [0.2, 0.25) is 0 Å². The minimum atomic E-state index is -0.650. The molecule has 0 saturated carbocycles. The first-order valence-corrected chi connectivity index (χ1v) is 3.94. The minimum absolute atomic E-state index is 0.627. The molecule has 0 bridgehead atoms. The van der Waals surface area contributed by atoms with E-state index in [1.165, 1.54) is 19.1 Å². The van der Waals surface area contributed by atoms with E-state index in [9.17, 15) is 14.4 Å². The number of aromatic nitrogens is 3. The molecule has 1 heterocycles. The van der Waals surface area contributed by atoms with Crippen molar-refractivity contribution in [3.63, 3.8) is 0 Å². The van der Waals surface area contributed by atoms with E-state index >= 15 is 0 Å². The van der Waals surface area contributed by atoms with Crippen molar-refractivity contribution >= 4 is 0 Å². The normalized spacial score (nSPS) is 10.3. The van der Waals surface area contributed by atoms with Gasteiger partial charge in [0, 0.05) is 28.2 Å². The molecule has 0 aliphatic heterocycles. The van der Waals surface area contributed by atoms with Gasteiger partial charge in [-0.3, -0.25) is 0 Å². The molecule has 0 spiro atoms. The molecule has 0 aliphatic rings. The lowest BCUT2D eigenvalue weighted by molar-refractivity contribution is 0.512. The van der Waals surface area contributed by atoms with Gasteiger partial charge in [-0.1, -0.05) is 0 Å². The smallest absolute Gasteiger partial charge is 0.311 e. The van der Waals surface area contributed by atoms with Crippen LogP contribution in [0.3, 0.4) is 0 Å². The summed E-state index contributed by atoms with van der Waals surface area (Å²) < 4.78 is 2.63. The van der Waals surface area contributed by atoms with Crippen molar-refractivity contribution in [2.45, 2.75) is 0 Å². The maximum atomic E-state index is 11.5. The quantitative estimate of drug-likeness (QED) is 0.500. The molecule has 0 radical (unpaired) electrons. The van der Waals surface area contributed by atoms with Crippen molar-refractivity contribution in [3.05, 3.63) is 31.5 Å². The Kier molecular flexibility index (Phi) is 2.33. The van der Waals surface area contributed by atoms with E-state index in [2.05, 4.69) is 0 Å². The van der Waals surface area contributed by atoms with Crippen molar-refractivity contribution < 1.29 is 0 Å². The van der Waals surface area contributed by atoms with Gasteiger partial charge in [-0.05, 0) is 0 Å². The van der Waals surface area contributed by atoms with Gasteiger partial charge in [0.15, 0.2) is 0 Å². The van der Waals surface area contributed by atoms with Crippen molar-refractivity contribution in [2.75, 3.05) is 19.1 Å². The maximum Gasteiger partial charge on any atom is 0.355 e. The maximum absolute atomic E-state index is 11.5. The van der Waals surface area contributed by atoms with E-state index in [-0.39, 0.29) is 0 Å². The Hall–Kier alpha value is -1.79. The summed E-state index contributed by atoms with van der Waals surface area (Å²) in [4.78, 5) is 34.2. The molecule has 0 atom stereocenters. The zero-order valence-corrected chi connectivity index (χ0v) is 8.51. The molecular formula is C7H12N4O3. The Morgan fingerprint density at radius 2 is 1.21 bits per heavy atom. The molecule has 0 amide bonds. The van der Waals surface area contributed by atoms with E-state index in [0.29, 0.717) is 0 Å². The van der Waals surface area contributed by atoms with Gasteiger partial charge in [-0.2, -0.15) is 4.68 Å². The highest BCUT2D eigenvalue weighted by atomic mass is 16.2. The summed E-state index contributed by atoms with van der Waals surface area (Å²) in [5, 5.41) is 1.32. The summed E-state index contributed by atoms with van der Waals surface area (Å²) in [5.41, 5.74) is -1.93. The van der Waals surface area contributed by atoms with Crippen LogP contribution in [-0.4, -0.2) is 27.9 Å². The Labute approximate surface area is 79.4 Å². The third-order valence-corrected chi connectivity index (χ3v) is 1.91. The fourth-order valence-electron chi connectivity index (χ4n) is 1.10. The molecule has 0 unspecified atom stereocenters. The minimum Gasteiger partial charge on any atom is -0.311 e. The lowest BCUT2D eigenvalue weighted by Gasteiger charge is -2.15. The molecule has 7 nitrogen and oxygen atoms in total. The predicted octanol–water partition coefficient (Wildman–Crippen LogP) is -2.56. The van der Waals surface area contributed by atoms with Crippen LogP contribution >= 0.6 is 0 Å². The highest BCUT2D eigenvalue weighted by molar-refractivity contribution is 4.82. The Bertz CT molecular complexity index is 479. The number of hydrogen-bond acceptors (Lipinski definition) is 4. The highest BCUT2D eigenvalue weighted by Gasteiger charge is 2.10. The summed E-state index contributed by atoms with van der Waals surface area (Å²) in [6.07, 6.45) is 0. The van der Waals surface area contributed by atoms with Crippen LogP contribution in [0.15, 0.2) is 14.4 Å². The largest absolute Gasteiger partial charge is 0.355 e. The van der Waals surface area contributed by atoms with E-state index < -0.39 is 17.1 Å². The van der Waals surface area contributed by atoms with Gasteiger partial charge >= 0.3 is 17.1 Å². The topological polar surface area (TPSA) is 69.2 Å². The van der Waals surface area contributed by atoms with Crippen LogP contribution in [0.1, 0.15) is 0 Å². The lowest BCUT2D eigenvalue weighted by Crippen LogP contribution is -2.57. The van der Waals surface area contributed by atoms with Gasteiger partial charge in [-0.15, -0.1) is 0 Å². The van der Waals surface area contributed by atoms with Crippen LogP contribution in [-0.2, 0) is 14.1 Å². The Morgan fingerprint density at radius 3 is 1.50 bits per heavy atom. The first-order valence-electron chi connectivity index (χ1n) is 3.94. The average molecular weight is 200 g/mol. The molecule has 7 heteroatoms. The molecule has 1 aromatic heterocycles. The first kappa shape index (κ1) is 10.3. The monoisotopic (exact) mass is 200 g/mol. The first-order chi connectivity index (χ1) is 6.37. The van der Waals surface area contributed by atoms with Crippen LogP contribution in [0, 0.1) is 0 Å². The Balaban J connectivity index is 3.89. The number of hydrogen-bond donors (Lipinski definition) is 0. The summed E-state index contributed by atoms with van der Waals surface area (Å²) in [7, 11) is 5.74. The summed E-state index contributed by atoms with van der Waals surface area (Å²) in [6.45, 7) is 0. The molecule has 0 aromatic carbocycles. The van der Waals surface area contributed by atoms with Crippen molar-refractivity contribution in [1.29, 1.82) is 0 Å². The van der Waals surface area contributed by atoms with Crippen molar-refractivity contribution in [2.24, 2.45) is 14.1 Å². The van der Waals surface area contributed by atoms with E-state index in [0.717, 1.165) is 13.8 Å². The second kappa shape index (κ2) is 3.17. The van der Waals surface area contributed by atoms with Crippen LogP contribution in [0.5, 0.6) is 0 Å². The highest BCUT2D eigenvalue weighted by Crippen LogP contribution is 1.67. The average Bonchev–Trinajstić information content (AvgIpc) is 2.11. The van der Waals surface area contributed by atoms with E-state index in [1.807, 2.05) is 0 Å². The molecule has 1 rings (SSSR count). The zero-order valence-electron chi connectivity index (χ0n) is 8.51. The molecule has 0 aliphatic carbocycles. The van der Waals surface area contributed by atoms with Crippen LogP contribution in [0.25, 0.3) is 0 Å². The molecule has 14 heavy (non-hydrogen) atoms. The third-order valence-electron chi connectivity index (χ3n) is 1.91. The standard InChI is InChI=1S/C7H12N4O3/c1-8(2)11-6(13)9(3)5(12)10(4)7(11)14/h1-4H3. The third kappa shape index (κ3) is 1.26. The van der Waals surface area contributed by atoms with Gasteiger partial charge in [0.05, 0.1) is 0 Å². The Morgan fingerprint density at radius 1 is 0.857 bits per heavy atom. The van der Waals surface area contributed by atoms with E-state index in [4.69, 9.17) is 0 Å². The molecule has 0 fully saturated rings. The zero-order chi connectivity index (χ0) is 11.0. The van der Waals surface area contributed by atoms with E-state index in [1.54, 1.807) is 14.1 Å². The summed E-state index contributed by atoms with van der Waals surface area (Å²) in [5.74, 6) is 0. The summed E-state index contributed by atoms with van der Waals surface area (Å²) >= 11 is 0.